The molecule has 0 aliphatic heterocycles. The van der Waals surface area contributed by atoms with Crippen molar-refractivity contribution in [1.82, 2.24) is 19.5 Å². The van der Waals surface area contributed by atoms with Crippen LogP contribution in [0.25, 0.3) is 0 Å². The minimum atomic E-state index is -3.82. The van der Waals surface area contributed by atoms with E-state index in [0.29, 0.717) is 5.82 Å². The van der Waals surface area contributed by atoms with E-state index in [1.54, 1.807) is 11.6 Å². The summed E-state index contributed by atoms with van der Waals surface area (Å²) in [7, 11) is -2.12. The van der Waals surface area contributed by atoms with Gasteiger partial charge in [-0.1, -0.05) is 23.2 Å². The molecule has 108 valence electrons. The number of nitrogens with zero attached hydrogens (tertiary/aromatic N) is 3. The smallest absolute Gasteiger partial charge is 0.242 e. The molecule has 3 N–H and O–H groups in total. The minimum Gasteiger partial charge on any atom is -0.396 e. The summed E-state index contributed by atoms with van der Waals surface area (Å²) < 4.78 is 28.3. The first-order valence-corrected chi connectivity index (χ1v) is 7.63. The molecule has 0 unspecified atom stereocenters. The maximum atomic E-state index is 12.2. The number of hydrogen-bond acceptors (Lipinski definition) is 5. The van der Waals surface area contributed by atoms with Gasteiger partial charge in [-0.25, -0.2) is 13.1 Å². The van der Waals surface area contributed by atoms with Crippen LogP contribution in [-0.4, -0.2) is 23.2 Å². The van der Waals surface area contributed by atoms with Gasteiger partial charge in [-0.3, -0.25) is 0 Å². The second-order valence-corrected chi connectivity index (χ2v) is 6.48. The Bertz CT molecular complexity index is 744. The van der Waals surface area contributed by atoms with Gasteiger partial charge in [0, 0.05) is 7.05 Å². The molecule has 1 aromatic heterocycles. The first-order chi connectivity index (χ1) is 9.33. The first kappa shape index (κ1) is 15.0. The lowest BCUT2D eigenvalue weighted by Crippen LogP contribution is -2.25. The lowest BCUT2D eigenvalue weighted by atomic mass is 10.3. The molecule has 0 spiro atoms. The lowest BCUT2D eigenvalue weighted by Gasteiger charge is -2.10. The number of benzene rings is 1. The van der Waals surface area contributed by atoms with Crippen LogP contribution in [0.3, 0.4) is 0 Å². The number of nitrogen functional groups attached to an aromatic ring is 1. The second kappa shape index (κ2) is 5.57. The van der Waals surface area contributed by atoms with E-state index < -0.39 is 10.0 Å². The molecule has 0 amide bonds. The van der Waals surface area contributed by atoms with Crippen molar-refractivity contribution >= 4 is 38.9 Å². The molecule has 1 heterocycles. The van der Waals surface area contributed by atoms with Crippen molar-refractivity contribution < 1.29 is 8.42 Å². The van der Waals surface area contributed by atoms with Crippen molar-refractivity contribution in [3.63, 3.8) is 0 Å². The third-order valence-electron chi connectivity index (χ3n) is 2.61. The number of aryl methyl sites for hydroxylation is 1. The Morgan fingerprint density at radius 1 is 1.40 bits per heavy atom. The quantitative estimate of drug-likeness (QED) is 0.816. The average molecular weight is 336 g/mol. The highest BCUT2D eigenvalue weighted by molar-refractivity contribution is 7.89. The summed E-state index contributed by atoms with van der Waals surface area (Å²) >= 11 is 11.7. The fraction of sp³-hybridized carbons (Fsp3) is 0.200. The molecule has 0 radical (unpaired) electrons. The molecule has 0 saturated heterocycles. The van der Waals surface area contributed by atoms with E-state index in [-0.39, 0.29) is 27.2 Å². The zero-order valence-electron chi connectivity index (χ0n) is 10.3. The molecule has 2 aromatic rings. The second-order valence-electron chi connectivity index (χ2n) is 3.96. The van der Waals surface area contributed by atoms with Crippen molar-refractivity contribution in [2.24, 2.45) is 7.05 Å². The molecule has 2 rings (SSSR count). The van der Waals surface area contributed by atoms with E-state index in [0.717, 1.165) is 0 Å². The topological polar surface area (TPSA) is 103 Å². The van der Waals surface area contributed by atoms with Crippen molar-refractivity contribution in [3.05, 3.63) is 34.3 Å². The third kappa shape index (κ3) is 2.88. The number of sulfonamides is 1. The fourth-order valence-corrected chi connectivity index (χ4v) is 3.20. The van der Waals surface area contributed by atoms with E-state index in [4.69, 9.17) is 28.9 Å². The molecular weight excluding hydrogens is 325 g/mol. The highest BCUT2D eigenvalue weighted by Crippen LogP contribution is 2.32. The summed E-state index contributed by atoms with van der Waals surface area (Å²) in [6.07, 6.45) is 1.47. The maximum Gasteiger partial charge on any atom is 0.242 e. The number of nitrogens with one attached hydrogen (secondary N) is 1. The lowest BCUT2D eigenvalue weighted by molar-refractivity contribution is 0.577. The van der Waals surface area contributed by atoms with E-state index in [1.807, 2.05) is 0 Å². The molecular formula is C10H11Cl2N5O2S. The Balaban J connectivity index is 2.27. The summed E-state index contributed by atoms with van der Waals surface area (Å²) in [5.41, 5.74) is 5.63. The van der Waals surface area contributed by atoms with E-state index in [1.165, 1.54) is 18.5 Å². The Labute approximate surface area is 125 Å². The van der Waals surface area contributed by atoms with Gasteiger partial charge in [0.1, 0.15) is 17.0 Å². The maximum absolute atomic E-state index is 12.2. The Hall–Kier alpha value is -1.35. The Morgan fingerprint density at radius 3 is 2.70 bits per heavy atom. The summed E-state index contributed by atoms with van der Waals surface area (Å²) in [5.74, 6) is 0.464. The van der Waals surface area contributed by atoms with Gasteiger partial charge in [-0.2, -0.15) is 0 Å². The number of aromatic nitrogens is 3. The predicted octanol–water partition coefficient (Wildman–Crippen LogP) is 1.18. The first-order valence-electron chi connectivity index (χ1n) is 5.39. The summed E-state index contributed by atoms with van der Waals surface area (Å²) in [6.45, 7) is -0.0162. The van der Waals surface area contributed by atoms with Gasteiger partial charge in [-0.15, -0.1) is 10.2 Å². The normalized spacial score (nSPS) is 11.8. The van der Waals surface area contributed by atoms with Gasteiger partial charge in [0.25, 0.3) is 0 Å². The molecule has 0 atom stereocenters. The summed E-state index contributed by atoms with van der Waals surface area (Å²) in [6, 6.07) is 2.67. The summed E-state index contributed by atoms with van der Waals surface area (Å²) in [4.78, 5) is -0.136. The van der Waals surface area contributed by atoms with Crippen LogP contribution in [-0.2, 0) is 23.6 Å². The SMILES string of the molecule is Cn1cnnc1CNS(=O)(=O)c1ccc(Cl)c(N)c1Cl. The molecule has 0 saturated carbocycles. The molecule has 1 aromatic carbocycles. The van der Waals surface area contributed by atoms with Crippen LogP contribution in [0.5, 0.6) is 0 Å². The number of hydrogen-bond donors (Lipinski definition) is 2. The summed E-state index contributed by atoms with van der Waals surface area (Å²) in [5, 5.41) is 7.52. The van der Waals surface area contributed by atoms with Crippen molar-refractivity contribution in [3.8, 4) is 0 Å². The van der Waals surface area contributed by atoms with Crippen LogP contribution in [0.15, 0.2) is 23.4 Å². The van der Waals surface area contributed by atoms with Crippen molar-refractivity contribution in [2.75, 3.05) is 5.73 Å². The molecule has 0 fully saturated rings. The van der Waals surface area contributed by atoms with Crippen LogP contribution in [0.4, 0.5) is 5.69 Å². The van der Waals surface area contributed by atoms with Gasteiger partial charge >= 0.3 is 0 Å². The fourth-order valence-electron chi connectivity index (χ4n) is 1.46. The minimum absolute atomic E-state index is 0.0162. The molecule has 0 aliphatic carbocycles. The molecule has 7 nitrogen and oxygen atoms in total. The highest BCUT2D eigenvalue weighted by atomic mass is 35.5. The monoisotopic (exact) mass is 335 g/mol. The van der Waals surface area contributed by atoms with Crippen LogP contribution < -0.4 is 10.5 Å². The zero-order chi connectivity index (χ0) is 14.9. The van der Waals surface area contributed by atoms with Gasteiger partial charge in [0.2, 0.25) is 10.0 Å². The van der Waals surface area contributed by atoms with Gasteiger partial charge in [0.15, 0.2) is 0 Å². The third-order valence-corrected chi connectivity index (χ3v) is 4.90. The molecule has 20 heavy (non-hydrogen) atoms. The Kier molecular flexibility index (Phi) is 4.19. The van der Waals surface area contributed by atoms with Crippen LogP contribution >= 0.6 is 23.2 Å². The predicted molar refractivity (Wildman–Crippen MR) is 75.9 cm³/mol. The van der Waals surface area contributed by atoms with Crippen molar-refractivity contribution in [2.45, 2.75) is 11.4 Å². The van der Waals surface area contributed by atoms with Crippen molar-refractivity contribution in [1.29, 1.82) is 0 Å². The number of rotatable bonds is 4. The van der Waals surface area contributed by atoms with Crippen LogP contribution in [0.2, 0.25) is 10.0 Å². The number of halogens is 2. The number of nitrogens with two attached hydrogens (primary N) is 1. The molecule has 10 heteroatoms. The van der Waals surface area contributed by atoms with E-state index in [2.05, 4.69) is 14.9 Å². The number of anilines is 1. The largest absolute Gasteiger partial charge is 0.396 e. The van der Waals surface area contributed by atoms with Gasteiger partial charge in [-0.05, 0) is 12.1 Å². The average Bonchev–Trinajstić information content (AvgIpc) is 2.79. The van der Waals surface area contributed by atoms with Gasteiger partial charge in [0.05, 0.1) is 22.3 Å². The molecule has 0 aliphatic rings. The standard InChI is InChI=1S/C10H11Cl2N5O2S/c1-17-5-14-16-8(17)4-15-20(18,19)7-3-2-6(11)10(13)9(7)12/h2-3,5,15H,4,13H2,1H3. The van der Waals surface area contributed by atoms with Gasteiger partial charge < -0.3 is 10.3 Å². The van der Waals surface area contributed by atoms with Crippen LogP contribution in [0, 0.1) is 0 Å². The van der Waals surface area contributed by atoms with E-state index >= 15 is 0 Å². The zero-order valence-corrected chi connectivity index (χ0v) is 12.7. The molecule has 0 bridgehead atoms. The van der Waals surface area contributed by atoms with Crippen LogP contribution in [0.1, 0.15) is 5.82 Å². The Morgan fingerprint density at radius 2 is 2.10 bits per heavy atom. The highest BCUT2D eigenvalue weighted by Gasteiger charge is 2.21. The van der Waals surface area contributed by atoms with E-state index in [9.17, 15) is 8.42 Å².